The van der Waals surface area contributed by atoms with Gasteiger partial charge in [-0.1, -0.05) is 60.1 Å². The molecule has 0 fully saturated rings. The molecule has 4 aromatic rings. The first-order valence-corrected chi connectivity index (χ1v) is 9.02. The van der Waals surface area contributed by atoms with Gasteiger partial charge in [-0.15, -0.1) is 5.10 Å². The molecule has 5 nitrogen and oxygen atoms in total. The maximum absolute atomic E-state index is 13.1. The average Bonchev–Trinajstić information content (AvgIpc) is 3.18. The fourth-order valence-electron chi connectivity index (χ4n) is 2.93. The highest BCUT2D eigenvalue weighted by Crippen LogP contribution is 2.26. The van der Waals surface area contributed by atoms with Crippen molar-refractivity contribution >= 4 is 11.6 Å². The fraction of sp³-hybridized carbons (Fsp3) is 0.0952. The molecule has 1 heterocycles. The molecule has 0 aliphatic heterocycles. The van der Waals surface area contributed by atoms with Crippen molar-refractivity contribution in [3.8, 4) is 11.4 Å². The second-order valence-corrected chi connectivity index (χ2v) is 6.80. The van der Waals surface area contributed by atoms with Crippen LogP contribution in [0.1, 0.15) is 22.8 Å². The van der Waals surface area contributed by atoms with E-state index >= 15 is 0 Å². The summed E-state index contributed by atoms with van der Waals surface area (Å²) >= 11 is 5.90. The van der Waals surface area contributed by atoms with Crippen LogP contribution >= 0.6 is 11.6 Å². The van der Waals surface area contributed by atoms with Gasteiger partial charge in [-0.25, -0.2) is 9.07 Å². The van der Waals surface area contributed by atoms with Gasteiger partial charge in [0.1, 0.15) is 11.9 Å². The minimum absolute atomic E-state index is 0.282. The number of halogens is 2. The Balaban J connectivity index is 1.55. The van der Waals surface area contributed by atoms with Gasteiger partial charge in [-0.05, 0) is 51.4 Å². The van der Waals surface area contributed by atoms with E-state index in [1.165, 1.54) is 12.1 Å². The lowest BCUT2D eigenvalue weighted by Crippen LogP contribution is -2.05. The molecule has 1 N–H and O–H groups in total. The summed E-state index contributed by atoms with van der Waals surface area (Å²) in [4.78, 5) is 0. The molecule has 0 aliphatic rings. The Morgan fingerprint density at radius 1 is 0.893 bits per heavy atom. The first-order chi connectivity index (χ1) is 13.6. The molecule has 0 saturated carbocycles. The summed E-state index contributed by atoms with van der Waals surface area (Å²) in [5.41, 5.74) is 3.23. The molecule has 140 valence electrons. The lowest BCUT2D eigenvalue weighted by atomic mass is 10.0. The monoisotopic (exact) mass is 394 g/mol. The highest BCUT2D eigenvalue weighted by Gasteiger charge is 2.13. The average molecular weight is 395 g/mol. The van der Waals surface area contributed by atoms with E-state index in [0.29, 0.717) is 17.4 Å². The number of aromatic nitrogens is 4. The van der Waals surface area contributed by atoms with E-state index in [0.717, 1.165) is 22.3 Å². The van der Waals surface area contributed by atoms with Crippen LogP contribution in [0.5, 0.6) is 0 Å². The molecule has 3 aromatic carbocycles. The van der Waals surface area contributed by atoms with E-state index in [1.54, 1.807) is 41.1 Å². The number of benzene rings is 3. The first-order valence-electron chi connectivity index (χ1n) is 8.64. The first kappa shape index (κ1) is 18.3. The number of rotatable bonds is 5. The summed E-state index contributed by atoms with van der Waals surface area (Å²) in [5, 5.41) is 23.1. The predicted molar refractivity (Wildman–Crippen MR) is 104 cm³/mol. The largest absolute Gasteiger partial charge is 0.384 e. The van der Waals surface area contributed by atoms with E-state index in [1.807, 2.05) is 24.3 Å². The Hall–Kier alpha value is -3.09. The molecule has 4 rings (SSSR count). The predicted octanol–water partition coefficient (Wildman–Crippen LogP) is 4.26. The lowest BCUT2D eigenvalue weighted by Gasteiger charge is -2.12. The lowest BCUT2D eigenvalue weighted by molar-refractivity contribution is 0.220. The molecule has 0 bridgehead atoms. The normalized spacial score (nSPS) is 12.1. The zero-order valence-corrected chi connectivity index (χ0v) is 15.5. The van der Waals surface area contributed by atoms with E-state index in [9.17, 15) is 9.50 Å². The van der Waals surface area contributed by atoms with Crippen LogP contribution in [-0.4, -0.2) is 25.3 Å². The van der Waals surface area contributed by atoms with Crippen LogP contribution < -0.4 is 0 Å². The topological polar surface area (TPSA) is 63.8 Å². The van der Waals surface area contributed by atoms with Gasteiger partial charge >= 0.3 is 0 Å². The molecule has 0 amide bonds. The van der Waals surface area contributed by atoms with Gasteiger partial charge in [-0.3, -0.25) is 0 Å². The van der Waals surface area contributed by atoms with Crippen LogP contribution in [-0.2, 0) is 6.54 Å². The van der Waals surface area contributed by atoms with Gasteiger partial charge in [0.15, 0.2) is 5.82 Å². The molecule has 0 radical (unpaired) electrons. The number of nitrogens with zero attached hydrogens (tertiary/aromatic N) is 4. The van der Waals surface area contributed by atoms with E-state index in [-0.39, 0.29) is 5.82 Å². The number of aliphatic hydroxyl groups is 1. The summed E-state index contributed by atoms with van der Waals surface area (Å²) in [5.74, 6) is 0.312. The summed E-state index contributed by atoms with van der Waals surface area (Å²) in [6.45, 7) is 0.428. The SMILES string of the molecule is OC(c1ccc(Cl)cc1)c1ccc(-c2nnnn2Cc2ccc(F)cc2)cc1. The van der Waals surface area contributed by atoms with Crippen molar-refractivity contribution in [1.29, 1.82) is 0 Å². The second kappa shape index (κ2) is 7.88. The quantitative estimate of drug-likeness (QED) is 0.549. The highest BCUT2D eigenvalue weighted by molar-refractivity contribution is 6.30. The Bertz CT molecular complexity index is 1060. The van der Waals surface area contributed by atoms with Crippen molar-refractivity contribution in [3.05, 3.63) is 100 Å². The molecule has 1 atom stereocenters. The van der Waals surface area contributed by atoms with Crippen molar-refractivity contribution in [2.45, 2.75) is 12.6 Å². The van der Waals surface area contributed by atoms with E-state index in [2.05, 4.69) is 15.5 Å². The zero-order valence-electron chi connectivity index (χ0n) is 14.7. The van der Waals surface area contributed by atoms with Crippen LogP contribution in [0.4, 0.5) is 4.39 Å². The molecule has 0 spiro atoms. The molecule has 28 heavy (non-hydrogen) atoms. The van der Waals surface area contributed by atoms with Crippen molar-refractivity contribution in [3.63, 3.8) is 0 Å². The number of tetrazole rings is 1. The maximum atomic E-state index is 13.1. The van der Waals surface area contributed by atoms with Crippen LogP contribution in [0.3, 0.4) is 0 Å². The van der Waals surface area contributed by atoms with Gasteiger partial charge in [0.05, 0.1) is 6.54 Å². The van der Waals surface area contributed by atoms with Gasteiger partial charge in [0.2, 0.25) is 0 Å². The third-order valence-electron chi connectivity index (χ3n) is 4.45. The van der Waals surface area contributed by atoms with Crippen molar-refractivity contribution in [1.82, 2.24) is 20.2 Å². The molecule has 1 aromatic heterocycles. The minimum Gasteiger partial charge on any atom is -0.384 e. The fourth-order valence-corrected chi connectivity index (χ4v) is 3.06. The van der Waals surface area contributed by atoms with Gasteiger partial charge in [0, 0.05) is 10.6 Å². The Morgan fingerprint density at radius 3 is 2.14 bits per heavy atom. The molecule has 1 unspecified atom stereocenters. The van der Waals surface area contributed by atoms with Crippen molar-refractivity contribution in [2.75, 3.05) is 0 Å². The molecule has 0 saturated heterocycles. The molecular formula is C21H16ClFN4O. The molecule has 7 heteroatoms. The van der Waals surface area contributed by atoms with E-state index in [4.69, 9.17) is 11.6 Å². The Kier molecular flexibility index (Phi) is 5.14. The third kappa shape index (κ3) is 3.93. The summed E-state index contributed by atoms with van der Waals surface area (Å²) < 4.78 is 14.7. The summed E-state index contributed by atoms with van der Waals surface area (Å²) in [7, 11) is 0. The zero-order chi connectivity index (χ0) is 19.5. The second-order valence-electron chi connectivity index (χ2n) is 6.36. The van der Waals surface area contributed by atoms with Crippen LogP contribution in [0.2, 0.25) is 5.02 Å². The highest BCUT2D eigenvalue weighted by atomic mass is 35.5. The molecular weight excluding hydrogens is 379 g/mol. The Labute approximate surface area is 166 Å². The standard InChI is InChI=1S/C21H16ClFN4O/c22-18-9-7-16(8-10-18)20(28)15-3-5-17(6-4-15)21-24-25-26-27(21)13-14-1-11-19(23)12-2-14/h1-12,20,28H,13H2. The summed E-state index contributed by atoms with van der Waals surface area (Å²) in [6.07, 6.45) is -0.749. The van der Waals surface area contributed by atoms with Gasteiger partial charge < -0.3 is 5.11 Å². The summed E-state index contributed by atoms with van der Waals surface area (Å²) in [6, 6.07) is 20.7. The van der Waals surface area contributed by atoms with Crippen LogP contribution in [0, 0.1) is 5.82 Å². The number of hydrogen-bond acceptors (Lipinski definition) is 4. The Morgan fingerprint density at radius 2 is 1.50 bits per heavy atom. The number of aliphatic hydroxyl groups excluding tert-OH is 1. The van der Waals surface area contributed by atoms with Crippen molar-refractivity contribution < 1.29 is 9.50 Å². The minimum atomic E-state index is -0.749. The number of hydrogen-bond donors (Lipinski definition) is 1. The van der Waals surface area contributed by atoms with Gasteiger partial charge in [0.25, 0.3) is 0 Å². The van der Waals surface area contributed by atoms with Gasteiger partial charge in [-0.2, -0.15) is 0 Å². The maximum Gasteiger partial charge on any atom is 0.182 e. The van der Waals surface area contributed by atoms with Crippen LogP contribution in [0.15, 0.2) is 72.8 Å². The third-order valence-corrected chi connectivity index (χ3v) is 4.70. The van der Waals surface area contributed by atoms with E-state index < -0.39 is 6.10 Å². The van der Waals surface area contributed by atoms with Crippen molar-refractivity contribution in [2.24, 2.45) is 0 Å². The molecule has 0 aliphatic carbocycles. The van der Waals surface area contributed by atoms with Crippen LogP contribution in [0.25, 0.3) is 11.4 Å². The smallest absolute Gasteiger partial charge is 0.182 e.